The van der Waals surface area contributed by atoms with Crippen LogP contribution in [0.25, 0.3) is 11.5 Å². The van der Waals surface area contributed by atoms with Gasteiger partial charge in [-0.2, -0.15) is 18.3 Å². The Labute approximate surface area is 164 Å². The van der Waals surface area contributed by atoms with Gasteiger partial charge in [-0.1, -0.05) is 6.07 Å². The van der Waals surface area contributed by atoms with Gasteiger partial charge in [-0.15, -0.1) is 0 Å². The number of likely N-dealkylation sites (tertiary alicyclic amines) is 1. The second-order valence-electron chi connectivity index (χ2n) is 6.98. The van der Waals surface area contributed by atoms with E-state index < -0.39 is 17.8 Å². The van der Waals surface area contributed by atoms with Crippen molar-refractivity contribution in [2.75, 3.05) is 13.1 Å². The van der Waals surface area contributed by atoms with Gasteiger partial charge in [0.25, 0.3) is 5.91 Å². The first kappa shape index (κ1) is 19.3. The molecule has 1 fully saturated rings. The zero-order chi connectivity index (χ0) is 20.6. The minimum Gasteiger partial charge on any atom is -0.391 e. The van der Waals surface area contributed by atoms with E-state index in [4.69, 9.17) is 0 Å². The molecule has 1 aliphatic rings. The zero-order valence-electron chi connectivity index (χ0n) is 15.4. The van der Waals surface area contributed by atoms with Crippen molar-refractivity contribution in [3.05, 3.63) is 66.1 Å². The van der Waals surface area contributed by atoms with Crippen LogP contribution in [-0.4, -0.2) is 49.5 Å². The Hall–Kier alpha value is -3.07. The van der Waals surface area contributed by atoms with Crippen LogP contribution in [0.4, 0.5) is 13.2 Å². The van der Waals surface area contributed by atoms with Crippen LogP contribution in [0.5, 0.6) is 0 Å². The highest BCUT2D eigenvalue weighted by molar-refractivity contribution is 5.97. The summed E-state index contributed by atoms with van der Waals surface area (Å²) in [6.07, 6.45) is 1.01. The van der Waals surface area contributed by atoms with E-state index in [1.54, 1.807) is 34.0 Å². The van der Waals surface area contributed by atoms with Crippen molar-refractivity contribution in [3.8, 4) is 11.5 Å². The van der Waals surface area contributed by atoms with Crippen LogP contribution in [0.1, 0.15) is 28.8 Å². The Morgan fingerprint density at radius 3 is 2.62 bits per heavy atom. The molecule has 1 unspecified atom stereocenters. The molecule has 1 amide bonds. The number of hydrogen-bond donors (Lipinski definition) is 1. The van der Waals surface area contributed by atoms with Gasteiger partial charge in [0.15, 0.2) is 5.82 Å². The third-order valence-electron chi connectivity index (χ3n) is 4.93. The molecule has 1 atom stereocenters. The van der Waals surface area contributed by atoms with E-state index in [2.05, 4.69) is 5.10 Å². The molecule has 3 heterocycles. The lowest BCUT2D eigenvalue weighted by atomic mass is 10.1. The van der Waals surface area contributed by atoms with Crippen molar-refractivity contribution in [3.63, 3.8) is 0 Å². The molecular formula is C20H19F3N4O2. The van der Waals surface area contributed by atoms with Crippen molar-refractivity contribution in [1.29, 1.82) is 0 Å². The number of carbonyl (C=O) groups is 1. The smallest absolute Gasteiger partial charge is 0.391 e. The van der Waals surface area contributed by atoms with E-state index in [-0.39, 0.29) is 23.7 Å². The third kappa shape index (κ3) is 3.77. The van der Waals surface area contributed by atoms with Gasteiger partial charge in [-0.3, -0.25) is 4.79 Å². The third-order valence-corrected chi connectivity index (χ3v) is 4.93. The van der Waals surface area contributed by atoms with Gasteiger partial charge in [0.1, 0.15) is 5.56 Å². The summed E-state index contributed by atoms with van der Waals surface area (Å²) in [4.78, 5) is 14.7. The van der Waals surface area contributed by atoms with Crippen LogP contribution < -0.4 is 0 Å². The minimum atomic E-state index is -4.49. The number of hydrogen-bond acceptors (Lipinski definition) is 3. The van der Waals surface area contributed by atoms with Gasteiger partial charge in [-0.05, 0) is 43.2 Å². The number of aliphatic hydroxyl groups is 1. The number of amides is 1. The first-order valence-electron chi connectivity index (χ1n) is 9.21. The maximum absolute atomic E-state index is 13.2. The molecule has 1 aromatic carbocycles. The zero-order valence-corrected chi connectivity index (χ0v) is 15.4. The van der Waals surface area contributed by atoms with E-state index in [1.165, 1.54) is 23.0 Å². The average Bonchev–Trinajstić information content (AvgIpc) is 3.36. The Bertz CT molecular complexity index is 1010. The van der Waals surface area contributed by atoms with Gasteiger partial charge < -0.3 is 14.6 Å². The van der Waals surface area contributed by atoms with E-state index in [1.807, 2.05) is 0 Å². The van der Waals surface area contributed by atoms with E-state index in [0.717, 1.165) is 12.1 Å². The van der Waals surface area contributed by atoms with Crippen molar-refractivity contribution >= 4 is 5.91 Å². The van der Waals surface area contributed by atoms with Crippen LogP contribution in [0.2, 0.25) is 0 Å². The summed E-state index contributed by atoms with van der Waals surface area (Å²) in [7, 11) is 0. The highest BCUT2D eigenvalue weighted by Gasteiger charge is 2.32. The van der Waals surface area contributed by atoms with Crippen molar-refractivity contribution in [2.45, 2.75) is 25.1 Å². The molecular weight excluding hydrogens is 385 g/mol. The summed E-state index contributed by atoms with van der Waals surface area (Å²) >= 11 is 0. The van der Waals surface area contributed by atoms with E-state index in [0.29, 0.717) is 25.2 Å². The molecule has 4 rings (SSSR count). The fourth-order valence-corrected chi connectivity index (χ4v) is 3.53. The first-order chi connectivity index (χ1) is 13.8. The van der Waals surface area contributed by atoms with Gasteiger partial charge in [0.2, 0.25) is 0 Å². The molecule has 3 aromatic rings. The molecule has 9 heteroatoms. The maximum Gasteiger partial charge on any atom is 0.416 e. The molecule has 152 valence electrons. The summed E-state index contributed by atoms with van der Waals surface area (Å²) in [5.41, 5.74) is -0.343. The first-order valence-corrected chi connectivity index (χ1v) is 9.21. The lowest BCUT2D eigenvalue weighted by Crippen LogP contribution is -2.42. The lowest BCUT2D eigenvalue weighted by molar-refractivity contribution is -0.137. The van der Waals surface area contributed by atoms with Gasteiger partial charge >= 0.3 is 6.18 Å². The number of benzene rings is 1. The molecule has 0 radical (unpaired) electrons. The fourth-order valence-electron chi connectivity index (χ4n) is 3.53. The summed E-state index contributed by atoms with van der Waals surface area (Å²) in [5.74, 6) is 0.0325. The molecule has 1 N–H and O–H groups in total. The van der Waals surface area contributed by atoms with Crippen LogP contribution in [-0.2, 0) is 6.18 Å². The molecule has 29 heavy (non-hydrogen) atoms. The number of nitrogens with zero attached hydrogens (tertiary/aromatic N) is 4. The highest BCUT2D eigenvalue weighted by Crippen LogP contribution is 2.31. The molecule has 0 bridgehead atoms. The SMILES string of the molecule is O=C(c1cnn(-c2cccc(C(F)(F)F)c2)c1-n1cccc1)N1CCCC(O)C1. The summed E-state index contributed by atoms with van der Waals surface area (Å²) in [6.45, 7) is 0.731. The van der Waals surface area contributed by atoms with Gasteiger partial charge in [0, 0.05) is 25.5 Å². The normalized spacial score (nSPS) is 17.5. The number of carbonyl (C=O) groups excluding carboxylic acids is 1. The predicted octanol–water partition coefficient (Wildman–Crippen LogP) is 3.28. The average molecular weight is 404 g/mol. The number of aromatic nitrogens is 3. The van der Waals surface area contributed by atoms with Crippen LogP contribution >= 0.6 is 0 Å². The molecule has 0 saturated carbocycles. The fraction of sp³-hybridized carbons (Fsp3) is 0.300. The van der Waals surface area contributed by atoms with Crippen molar-refractivity contribution < 1.29 is 23.1 Å². The van der Waals surface area contributed by atoms with E-state index in [9.17, 15) is 23.1 Å². The summed E-state index contributed by atoms with van der Waals surface area (Å²) < 4.78 is 42.4. The van der Waals surface area contributed by atoms with Crippen LogP contribution in [0.15, 0.2) is 55.0 Å². The molecule has 1 saturated heterocycles. The maximum atomic E-state index is 13.2. The molecule has 1 aliphatic heterocycles. The number of halogens is 3. The van der Waals surface area contributed by atoms with Gasteiger partial charge in [0.05, 0.1) is 23.6 Å². The quantitative estimate of drug-likeness (QED) is 0.729. The van der Waals surface area contributed by atoms with Gasteiger partial charge in [-0.25, -0.2) is 4.68 Å². The monoisotopic (exact) mass is 404 g/mol. The summed E-state index contributed by atoms with van der Waals surface area (Å²) in [5, 5.41) is 14.1. The standard InChI is InChI=1S/C20H19F3N4O2/c21-20(22,23)14-5-3-6-15(11-14)27-18(25-8-1-2-9-25)17(12-24-27)19(29)26-10-4-7-16(28)13-26/h1-3,5-6,8-9,11-12,16,28H,4,7,10,13H2. The Morgan fingerprint density at radius 1 is 1.17 bits per heavy atom. The largest absolute Gasteiger partial charge is 0.416 e. The van der Waals surface area contributed by atoms with Crippen molar-refractivity contribution in [1.82, 2.24) is 19.2 Å². The van der Waals surface area contributed by atoms with Crippen LogP contribution in [0, 0.1) is 0 Å². The Balaban J connectivity index is 1.80. The number of β-amino-alcohol motifs (C(OH)–C–C–N with tert-alkyl or cyclic N) is 1. The number of piperidine rings is 1. The predicted molar refractivity (Wildman–Crippen MR) is 99.0 cm³/mol. The van der Waals surface area contributed by atoms with Crippen molar-refractivity contribution in [2.24, 2.45) is 0 Å². The second kappa shape index (κ2) is 7.40. The molecule has 0 spiro atoms. The van der Waals surface area contributed by atoms with E-state index >= 15 is 0 Å². The number of rotatable bonds is 3. The molecule has 2 aromatic heterocycles. The number of aliphatic hydroxyl groups excluding tert-OH is 1. The Morgan fingerprint density at radius 2 is 1.93 bits per heavy atom. The molecule has 6 nitrogen and oxygen atoms in total. The molecule has 0 aliphatic carbocycles. The minimum absolute atomic E-state index is 0.196. The van der Waals surface area contributed by atoms with Crippen LogP contribution in [0.3, 0.4) is 0 Å². The topological polar surface area (TPSA) is 63.3 Å². The highest BCUT2D eigenvalue weighted by atomic mass is 19.4. The second-order valence-corrected chi connectivity index (χ2v) is 6.98. The Kier molecular flexibility index (Phi) is 4.91. The lowest BCUT2D eigenvalue weighted by Gasteiger charge is -2.30. The summed E-state index contributed by atoms with van der Waals surface area (Å²) in [6, 6.07) is 8.31. The number of alkyl halides is 3.